The lowest BCUT2D eigenvalue weighted by atomic mass is 10.1. The molecule has 0 saturated heterocycles. The van der Waals surface area contributed by atoms with Gasteiger partial charge >= 0.3 is 0 Å². The molecule has 0 saturated carbocycles. The number of rotatable bonds is 18. The van der Waals surface area contributed by atoms with Gasteiger partial charge in [-0.25, -0.2) is 9.68 Å². The Morgan fingerprint density at radius 2 is 1.22 bits per heavy atom. The molecule has 23 heavy (non-hydrogen) atoms. The van der Waals surface area contributed by atoms with Crippen LogP contribution >= 0.6 is 0 Å². The number of unbranched alkanes of at least 4 members (excludes halogenated alkanes) is 10. The van der Waals surface area contributed by atoms with Crippen LogP contribution < -0.4 is 0 Å². The second-order valence-corrected chi connectivity index (χ2v) is 5.75. The molecular formula is C18H37NO4. The van der Waals surface area contributed by atoms with Gasteiger partial charge in [-0.15, -0.1) is 5.23 Å². The minimum atomic E-state index is -0.0642. The second-order valence-electron chi connectivity index (χ2n) is 5.75. The van der Waals surface area contributed by atoms with Gasteiger partial charge in [0.1, 0.15) is 13.2 Å². The van der Waals surface area contributed by atoms with E-state index in [0.29, 0.717) is 0 Å². The zero-order chi connectivity index (χ0) is 17.0. The minimum Gasteiger partial charge on any atom is -0.394 e. The predicted octanol–water partition coefficient (Wildman–Crippen LogP) is 3.96. The molecule has 0 amide bonds. The minimum absolute atomic E-state index is 0.0642. The summed E-state index contributed by atoms with van der Waals surface area (Å²) in [5, 5.41) is 18.7. The van der Waals surface area contributed by atoms with E-state index in [0.717, 1.165) is 6.42 Å². The average Bonchev–Trinajstić information content (AvgIpc) is 2.57. The van der Waals surface area contributed by atoms with E-state index in [-0.39, 0.29) is 26.4 Å². The molecule has 0 aromatic heterocycles. The maximum absolute atomic E-state index is 8.73. The predicted molar refractivity (Wildman–Crippen MR) is 93.5 cm³/mol. The van der Waals surface area contributed by atoms with E-state index in [1.165, 1.54) is 69.4 Å². The number of hydrogen-bond donors (Lipinski definition) is 2. The normalized spacial score (nSPS) is 11.4. The van der Waals surface area contributed by atoms with Crippen molar-refractivity contribution in [2.24, 2.45) is 0 Å². The zero-order valence-electron chi connectivity index (χ0n) is 14.9. The van der Waals surface area contributed by atoms with E-state index in [4.69, 9.17) is 19.9 Å². The third-order valence-electron chi connectivity index (χ3n) is 3.57. The van der Waals surface area contributed by atoms with Crippen molar-refractivity contribution in [3.05, 3.63) is 12.3 Å². The van der Waals surface area contributed by atoms with Gasteiger partial charge in [-0.2, -0.15) is 0 Å². The van der Waals surface area contributed by atoms with Gasteiger partial charge in [-0.05, 0) is 12.8 Å². The molecule has 0 heterocycles. The van der Waals surface area contributed by atoms with E-state index < -0.39 is 0 Å². The standard InChI is InChI=1S/C18H37NO4/c1-2-3-4-5-6-7-8-9-10-11-12-13-14-19(22-17-15-20)23-18-16-21/h13-14,20-21H,2-12,15-18H2,1H3. The van der Waals surface area contributed by atoms with Gasteiger partial charge in [0.25, 0.3) is 0 Å². The molecule has 0 aromatic carbocycles. The third-order valence-corrected chi connectivity index (χ3v) is 3.57. The summed E-state index contributed by atoms with van der Waals surface area (Å²) in [7, 11) is 0. The van der Waals surface area contributed by atoms with Crippen molar-refractivity contribution < 1.29 is 19.9 Å². The first-order chi connectivity index (χ1) is 11.3. The fourth-order valence-electron chi connectivity index (χ4n) is 2.30. The molecule has 2 N–H and O–H groups in total. The van der Waals surface area contributed by atoms with Gasteiger partial charge in [0.2, 0.25) is 0 Å². The SMILES string of the molecule is CCCCCCCCCCCCC=CN(OCCO)OCCO. The second kappa shape index (κ2) is 19.4. The summed E-state index contributed by atoms with van der Waals surface area (Å²) in [6.45, 7) is 2.48. The summed E-state index contributed by atoms with van der Waals surface area (Å²) in [4.78, 5) is 10.3. The number of hydroxylamine groups is 2. The van der Waals surface area contributed by atoms with E-state index in [9.17, 15) is 0 Å². The lowest BCUT2D eigenvalue weighted by molar-refractivity contribution is -0.339. The highest BCUT2D eigenvalue weighted by molar-refractivity contribution is 4.76. The van der Waals surface area contributed by atoms with Crippen LogP contribution in [0.25, 0.3) is 0 Å². The highest BCUT2D eigenvalue weighted by Crippen LogP contribution is 2.11. The zero-order valence-corrected chi connectivity index (χ0v) is 14.9. The fourth-order valence-corrected chi connectivity index (χ4v) is 2.30. The number of hydrogen-bond acceptors (Lipinski definition) is 5. The first-order valence-electron chi connectivity index (χ1n) is 9.28. The van der Waals surface area contributed by atoms with E-state index >= 15 is 0 Å². The summed E-state index contributed by atoms with van der Waals surface area (Å²) in [6.07, 6.45) is 18.0. The summed E-state index contributed by atoms with van der Waals surface area (Å²) < 4.78 is 0. The summed E-state index contributed by atoms with van der Waals surface area (Å²) >= 11 is 0. The molecule has 5 heteroatoms. The largest absolute Gasteiger partial charge is 0.394 e. The molecule has 138 valence electrons. The molecule has 0 aliphatic heterocycles. The summed E-state index contributed by atoms with van der Waals surface area (Å²) in [5.74, 6) is 0. The highest BCUT2D eigenvalue weighted by Gasteiger charge is 1.99. The Balaban J connectivity index is 3.45. The number of aliphatic hydroxyl groups excluding tert-OH is 2. The highest BCUT2D eigenvalue weighted by atomic mass is 16.9. The fraction of sp³-hybridized carbons (Fsp3) is 0.889. The molecule has 0 atom stereocenters. The van der Waals surface area contributed by atoms with Crippen LogP contribution in [0.4, 0.5) is 0 Å². The van der Waals surface area contributed by atoms with Crippen molar-refractivity contribution in [1.82, 2.24) is 5.23 Å². The molecule has 0 aliphatic carbocycles. The van der Waals surface area contributed by atoms with Crippen molar-refractivity contribution in [1.29, 1.82) is 0 Å². The van der Waals surface area contributed by atoms with Gasteiger partial charge < -0.3 is 10.2 Å². The first-order valence-corrected chi connectivity index (χ1v) is 9.28. The van der Waals surface area contributed by atoms with Gasteiger partial charge in [-0.3, -0.25) is 0 Å². The van der Waals surface area contributed by atoms with E-state index in [2.05, 4.69) is 6.92 Å². The molecule has 0 aromatic rings. The van der Waals surface area contributed by atoms with E-state index in [1.807, 2.05) is 6.08 Å². The average molecular weight is 331 g/mol. The Morgan fingerprint density at radius 3 is 1.70 bits per heavy atom. The maximum atomic E-state index is 8.73. The van der Waals surface area contributed by atoms with Crippen LogP contribution in [0.15, 0.2) is 12.3 Å². The van der Waals surface area contributed by atoms with Crippen molar-refractivity contribution >= 4 is 0 Å². The van der Waals surface area contributed by atoms with Crippen LogP contribution in [0, 0.1) is 0 Å². The van der Waals surface area contributed by atoms with Crippen molar-refractivity contribution in [3.8, 4) is 0 Å². The van der Waals surface area contributed by atoms with Crippen molar-refractivity contribution in [2.45, 2.75) is 77.6 Å². The number of nitrogens with zero attached hydrogens (tertiary/aromatic N) is 1. The monoisotopic (exact) mass is 331 g/mol. The molecule has 0 rings (SSSR count). The number of aliphatic hydroxyl groups is 2. The van der Waals surface area contributed by atoms with Crippen LogP contribution in [0.2, 0.25) is 0 Å². The summed E-state index contributed by atoms with van der Waals surface area (Å²) in [6, 6.07) is 0. The maximum Gasteiger partial charge on any atom is 0.101 e. The Hall–Kier alpha value is -0.620. The molecule has 0 unspecified atom stereocenters. The molecule has 0 radical (unpaired) electrons. The van der Waals surface area contributed by atoms with Crippen LogP contribution in [0.1, 0.15) is 77.6 Å². The van der Waals surface area contributed by atoms with Crippen LogP contribution in [0.3, 0.4) is 0 Å². The number of allylic oxidation sites excluding steroid dienone is 1. The van der Waals surface area contributed by atoms with Gasteiger partial charge in [0.15, 0.2) is 0 Å². The topological polar surface area (TPSA) is 62.2 Å². The van der Waals surface area contributed by atoms with Crippen LogP contribution in [-0.2, 0) is 9.68 Å². The Labute approximate surface area is 142 Å². The third kappa shape index (κ3) is 17.6. The van der Waals surface area contributed by atoms with Gasteiger partial charge in [0.05, 0.1) is 19.4 Å². The molecule has 0 aliphatic rings. The van der Waals surface area contributed by atoms with Crippen LogP contribution in [0.5, 0.6) is 0 Å². The Bertz CT molecular complexity index is 241. The summed E-state index contributed by atoms with van der Waals surface area (Å²) in [5.41, 5.74) is 0. The Morgan fingerprint density at radius 1 is 0.739 bits per heavy atom. The molecular weight excluding hydrogens is 294 g/mol. The molecule has 0 bridgehead atoms. The van der Waals surface area contributed by atoms with E-state index in [1.54, 1.807) is 6.20 Å². The Kier molecular flexibility index (Phi) is 18.9. The van der Waals surface area contributed by atoms with Crippen molar-refractivity contribution in [3.63, 3.8) is 0 Å². The quantitative estimate of drug-likeness (QED) is 0.294. The molecule has 5 nitrogen and oxygen atoms in total. The first kappa shape index (κ1) is 22.4. The lowest BCUT2D eigenvalue weighted by Gasteiger charge is -2.17. The molecule has 0 spiro atoms. The van der Waals surface area contributed by atoms with Crippen LogP contribution in [-0.4, -0.2) is 41.9 Å². The molecule has 0 fully saturated rings. The smallest absolute Gasteiger partial charge is 0.101 e. The van der Waals surface area contributed by atoms with Gasteiger partial charge in [-0.1, -0.05) is 70.8 Å². The lowest BCUT2D eigenvalue weighted by Crippen LogP contribution is -2.22. The van der Waals surface area contributed by atoms with Gasteiger partial charge in [0, 0.05) is 0 Å². The van der Waals surface area contributed by atoms with Crippen molar-refractivity contribution in [2.75, 3.05) is 26.4 Å².